The van der Waals surface area contributed by atoms with Crippen molar-refractivity contribution < 1.29 is 19.1 Å². The van der Waals surface area contributed by atoms with Crippen molar-refractivity contribution in [3.05, 3.63) is 58.7 Å². The van der Waals surface area contributed by atoms with Gasteiger partial charge in [0.05, 0.1) is 22.8 Å². The number of nitrogens with zero attached hydrogens (tertiary/aromatic N) is 2. The fourth-order valence-corrected chi connectivity index (χ4v) is 5.01. The van der Waals surface area contributed by atoms with Crippen LogP contribution in [-0.4, -0.2) is 39.7 Å². The van der Waals surface area contributed by atoms with Crippen molar-refractivity contribution in [3.63, 3.8) is 0 Å². The lowest BCUT2D eigenvalue weighted by Gasteiger charge is -2.08. The molecule has 1 aromatic carbocycles. The molecule has 33 heavy (non-hydrogen) atoms. The Bertz CT molecular complexity index is 1120. The minimum atomic E-state index is -0.577. The number of aryl methyl sites for hydroxylation is 1. The highest BCUT2D eigenvalue weighted by atomic mass is 32.2. The van der Waals surface area contributed by atoms with Crippen LogP contribution in [0.2, 0.25) is 0 Å². The van der Waals surface area contributed by atoms with E-state index in [-0.39, 0.29) is 29.7 Å². The monoisotopic (exact) mass is 486 g/mol. The molecule has 0 aliphatic rings. The van der Waals surface area contributed by atoms with E-state index in [1.807, 2.05) is 29.0 Å². The lowest BCUT2D eigenvalue weighted by molar-refractivity contribution is -0.113. The molecule has 174 valence electrons. The Balaban J connectivity index is 1.78. The lowest BCUT2D eigenvalue weighted by atomic mass is 10.1. The molecule has 2 amide bonds. The third-order valence-corrected chi connectivity index (χ3v) is 6.80. The highest BCUT2D eigenvalue weighted by Gasteiger charge is 2.27. The van der Waals surface area contributed by atoms with Crippen LogP contribution in [-0.2, 0) is 16.1 Å². The van der Waals surface area contributed by atoms with Gasteiger partial charge >= 0.3 is 5.97 Å². The molecule has 0 atom stereocenters. The van der Waals surface area contributed by atoms with Gasteiger partial charge in [-0.1, -0.05) is 36.9 Å². The molecule has 8 nitrogen and oxygen atoms in total. The molecule has 0 aliphatic heterocycles. The summed E-state index contributed by atoms with van der Waals surface area (Å²) < 4.78 is 7.16. The van der Waals surface area contributed by atoms with Gasteiger partial charge < -0.3 is 19.9 Å². The Kier molecular flexibility index (Phi) is 8.67. The van der Waals surface area contributed by atoms with E-state index in [0.29, 0.717) is 21.1 Å². The van der Waals surface area contributed by atoms with Crippen molar-refractivity contribution in [1.82, 2.24) is 9.55 Å². The molecule has 2 N–H and O–H groups in total. The van der Waals surface area contributed by atoms with Gasteiger partial charge in [-0.25, -0.2) is 9.78 Å². The fraction of sp³-hybridized carbons (Fsp3) is 0.304. The highest BCUT2D eigenvalue weighted by molar-refractivity contribution is 7.99. The first-order valence-electron chi connectivity index (χ1n) is 10.5. The molecule has 0 aliphatic carbocycles. The number of imidazole rings is 1. The number of thioether (sulfide) groups is 1. The van der Waals surface area contributed by atoms with Gasteiger partial charge in [-0.05, 0) is 38.0 Å². The molecule has 10 heteroatoms. The van der Waals surface area contributed by atoms with E-state index in [0.717, 1.165) is 29.5 Å². The van der Waals surface area contributed by atoms with E-state index < -0.39 is 5.97 Å². The van der Waals surface area contributed by atoms with Gasteiger partial charge in [0, 0.05) is 24.6 Å². The SMILES string of the molecule is CCCn1ccnc1SCC(=O)Nc1sc(C(=O)Nc2ccccc2)c(C)c1C(=O)OCC. The van der Waals surface area contributed by atoms with Crippen molar-refractivity contribution in [2.75, 3.05) is 23.0 Å². The van der Waals surface area contributed by atoms with Crippen LogP contribution in [0.5, 0.6) is 0 Å². The smallest absolute Gasteiger partial charge is 0.341 e. The maximum atomic E-state index is 12.9. The van der Waals surface area contributed by atoms with E-state index in [1.54, 1.807) is 32.2 Å². The summed E-state index contributed by atoms with van der Waals surface area (Å²) in [5.74, 6) is -1.11. The van der Waals surface area contributed by atoms with E-state index in [1.165, 1.54) is 11.8 Å². The van der Waals surface area contributed by atoms with Crippen molar-refractivity contribution in [3.8, 4) is 0 Å². The first-order valence-corrected chi connectivity index (χ1v) is 12.3. The minimum Gasteiger partial charge on any atom is -0.462 e. The average Bonchev–Trinajstić information content (AvgIpc) is 3.37. The fourth-order valence-electron chi connectivity index (χ4n) is 3.12. The van der Waals surface area contributed by atoms with Gasteiger partial charge in [0.25, 0.3) is 5.91 Å². The normalized spacial score (nSPS) is 10.6. The first-order chi connectivity index (χ1) is 15.9. The van der Waals surface area contributed by atoms with Crippen LogP contribution in [0, 0.1) is 6.92 Å². The molecule has 0 radical (unpaired) electrons. The van der Waals surface area contributed by atoms with Crippen LogP contribution in [0.4, 0.5) is 10.7 Å². The number of hydrogen-bond donors (Lipinski definition) is 2. The molecule has 2 heterocycles. The second-order valence-electron chi connectivity index (χ2n) is 7.04. The van der Waals surface area contributed by atoms with Gasteiger partial charge in [0.1, 0.15) is 5.00 Å². The van der Waals surface area contributed by atoms with E-state index in [2.05, 4.69) is 22.5 Å². The highest BCUT2D eigenvalue weighted by Crippen LogP contribution is 2.34. The molecular formula is C23H26N4O4S2. The average molecular weight is 487 g/mol. The summed E-state index contributed by atoms with van der Waals surface area (Å²) in [4.78, 5) is 42.8. The zero-order valence-electron chi connectivity index (χ0n) is 18.7. The molecule has 0 saturated carbocycles. The summed E-state index contributed by atoms with van der Waals surface area (Å²) in [6.07, 6.45) is 4.54. The van der Waals surface area contributed by atoms with Crippen LogP contribution in [0.25, 0.3) is 0 Å². The molecule has 0 saturated heterocycles. The number of anilines is 2. The zero-order chi connectivity index (χ0) is 23.8. The Morgan fingerprint density at radius 2 is 1.91 bits per heavy atom. The van der Waals surface area contributed by atoms with Crippen LogP contribution >= 0.6 is 23.1 Å². The van der Waals surface area contributed by atoms with Gasteiger partial charge in [0.2, 0.25) is 5.91 Å². The maximum absolute atomic E-state index is 12.9. The van der Waals surface area contributed by atoms with E-state index in [9.17, 15) is 14.4 Å². The Labute approximate surface area is 200 Å². The Morgan fingerprint density at radius 3 is 2.61 bits per heavy atom. The lowest BCUT2D eigenvalue weighted by Crippen LogP contribution is -2.17. The standard InChI is InChI=1S/C23H26N4O4S2/c1-4-12-27-13-11-24-23(27)32-14-17(28)26-21-18(22(30)31-5-2)15(3)19(33-21)20(29)25-16-9-7-6-8-10-16/h6-11,13H,4-5,12,14H2,1-3H3,(H,25,29)(H,26,28). The van der Waals surface area contributed by atoms with Gasteiger partial charge in [-0.2, -0.15) is 0 Å². The maximum Gasteiger partial charge on any atom is 0.341 e. The van der Waals surface area contributed by atoms with Gasteiger partial charge in [-0.3, -0.25) is 9.59 Å². The van der Waals surface area contributed by atoms with E-state index in [4.69, 9.17) is 4.74 Å². The van der Waals surface area contributed by atoms with Crippen LogP contribution in [0.15, 0.2) is 47.9 Å². The summed E-state index contributed by atoms with van der Waals surface area (Å²) in [6.45, 7) is 6.46. The molecule has 0 spiro atoms. The number of rotatable bonds is 10. The van der Waals surface area contributed by atoms with E-state index >= 15 is 0 Å². The Morgan fingerprint density at radius 1 is 1.15 bits per heavy atom. The van der Waals surface area contributed by atoms with Crippen LogP contribution in [0.1, 0.15) is 45.9 Å². The third kappa shape index (κ3) is 6.23. The molecule has 2 aromatic heterocycles. The van der Waals surface area contributed by atoms with Crippen LogP contribution < -0.4 is 10.6 Å². The zero-order valence-corrected chi connectivity index (χ0v) is 20.3. The largest absolute Gasteiger partial charge is 0.462 e. The molecule has 0 bridgehead atoms. The second-order valence-corrected chi connectivity index (χ2v) is 9.00. The molecular weight excluding hydrogens is 460 g/mol. The third-order valence-electron chi connectivity index (χ3n) is 4.59. The second kappa shape index (κ2) is 11.7. The number of esters is 1. The number of nitrogens with one attached hydrogen (secondary N) is 2. The molecule has 3 rings (SSSR count). The number of benzene rings is 1. The summed E-state index contributed by atoms with van der Waals surface area (Å²) in [5, 5.41) is 6.65. The number of para-hydroxylation sites is 1. The number of aromatic nitrogens is 2. The summed E-state index contributed by atoms with van der Waals surface area (Å²) in [5.41, 5.74) is 1.30. The topological polar surface area (TPSA) is 102 Å². The van der Waals surface area contributed by atoms with Gasteiger partial charge in [0.15, 0.2) is 5.16 Å². The number of amides is 2. The van der Waals surface area contributed by atoms with Crippen LogP contribution in [0.3, 0.4) is 0 Å². The quantitative estimate of drug-likeness (QED) is 0.315. The summed E-state index contributed by atoms with van der Waals surface area (Å²) in [7, 11) is 0. The van der Waals surface area contributed by atoms with Crippen molar-refractivity contribution in [2.24, 2.45) is 0 Å². The number of hydrogen-bond acceptors (Lipinski definition) is 7. The Hall–Kier alpha value is -3.11. The summed E-state index contributed by atoms with van der Waals surface area (Å²) in [6, 6.07) is 9.03. The van der Waals surface area contributed by atoms with Crippen molar-refractivity contribution in [2.45, 2.75) is 38.9 Å². The number of carbonyl (C=O) groups is 3. The summed E-state index contributed by atoms with van der Waals surface area (Å²) >= 11 is 2.37. The minimum absolute atomic E-state index is 0.117. The van der Waals surface area contributed by atoms with Crippen molar-refractivity contribution in [1.29, 1.82) is 0 Å². The van der Waals surface area contributed by atoms with Crippen molar-refractivity contribution >= 4 is 51.6 Å². The number of thiophene rings is 1. The number of carbonyl (C=O) groups excluding carboxylic acids is 3. The van der Waals surface area contributed by atoms with Gasteiger partial charge in [-0.15, -0.1) is 11.3 Å². The predicted molar refractivity (Wildman–Crippen MR) is 131 cm³/mol. The predicted octanol–water partition coefficient (Wildman–Crippen LogP) is 4.82. The molecule has 0 fully saturated rings. The molecule has 0 unspecified atom stereocenters. The number of ether oxygens (including phenoxy) is 1. The first kappa shape index (κ1) is 24.5. The molecule has 3 aromatic rings.